The second-order valence-corrected chi connectivity index (χ2v) is 5.29. The van der Waals surface area contributed by atoms with Gasteiger partial charge in [-0.25, -0.2) is 0 Å². The molecule has 0 aliphatic heterocycles. The summed E-state index contributed by atoms with van der Waals surface area (Å²) in [5.74, 6) is 2.25. The van der Waals surface area contributed by atoms with E-state index in [1.54, 1.807) is 0 Å². The van der Waals surface area contributed by atoms with Gasteiger partial charge in [-0.3, -0.25) is 0 Å². The van der Waals surface area contributed by atoms with Gasteiger partial charge in [0.2, 0.25) is 0 Å². The van der Waals surface area contributed by atoms with Gasteiger partial charge >= 0.3 is 0 Å². The van der Waals surface area contributed by atoms with Gasteiger partial charge in [0, 0.05) is 0 Å². The van der Waals surface area contributed by atoms with Crippen molar-refractivity contribution in [1.29, 1.82) is 0 Å². The fourth-order valence-corrected chi connectivity index (χ4v) is 2.75. The Morgan fingerprint density at radius 1 is 1.21 bits per heavy atom. The molecule has 0 heterocycles. The van der Waals surface area contributed by atoms with Crippen LogP contribution in [0.3, 0.4) is 0 Å². The van der Waals surface area contributed by atoms with E-state index < -0.39 is 0 Å². The molecule has 0 amide bonds. The maximum absolute atomic E-state index is 9.97. The Bertz CT molecular complexity index is 153. The first-order valence-electron chi connectivity index (χ1n) is 6.33. The van der Waals surface area contributed by atoms with Crippen LogP contribution < -0.4 is 0 Å². The third-order valence-corrected chi connectivity index (χ3v) is 3.83. The van der Waals surface area contributed by atoms with Crippen molar-refractivity contribution in [3.63, 3.8) is 0 Å². The molecule has 1 rings (SSSR count). The van der Waals surface area contributed by atoms with Gasteiger partial charge in [-0.05, 0) is 37.0 Å². The SMILES string of the molecule is CCCC(O)C1CCCC(C(C)C)C1. The Hall–Kier alpha value is -0.0400. The molecular formula is C13H26O. The highest BCUT2D eigenvalue weighted by atomic mass is 16.3. The zero-order chi connectivity index (χ0) is 10.6. The van der Waals surface area contributed by atoms with Crippen LogP contribution in [0.2, 0.25) is 0 Å². The smallest absolute Gasteiger partial charge is 0.0568 e. The summed E-state index contributed by atoms with van der Waals surface area (Å²) < 4.78 is 0. The maximum Gasteiger partial charge on any atom is 0.0568 e. The second-order valence-electron chi connectivity index (χ2n) is 5.29. The summed E-state index contributed by atoms with van der Waals surface area (Å²) in [6.07, 6.45) is 7.31. The van der Waals surface area contributed by atoms with Crippen LogP contribution in [0.15, 0.2) is 0 Å². The van der Waals surface area contributed by atoms with Gasteiger partial charge in [0.15, 0.2) is 0 Å². The first-order valence-corrected chi connectivity index (χ1v) is 6.33. The van der Waals surface area contributed by atoms with E-state index >= 15 is 0 Å². The van der Waals surface area contributed by atoms with Gasteiger partial charge in [-0.2, -0.15) is 0 Å². The van der Waals surface area contributed by atoms with Gasteiger partial charge in [0.1, 0.15) is 0 Å². The molecule has 1 aliphatic rings. The molecule has 1 N–H and O–H groups in total. The van der Waals surface area contributed by atoms with Gasteiger partial charge in [-0.15, -0.1) is 0 Å². The predicted octanol–water partition coefficient (Wildman–Crippen LogP) is 3.61. The van der Waals surface area contributed by atoms with Crippen molar-refractivity contribution in [2.75, 3.05) is 0 Å². The first kappa shape index (κ1) is 12.0. The molecule has 0 aromatic heterocycles. The molecule has 3 atom stereocenters. The fourth-order valence-electron chi connectivity index (χ4n) is 2.75. The zero-order valence-electron chi connectivity index (χ0n) is 10.00. The third kappa shape index (κ3) is 3.27. The van der Waals surface area contributed by atoms with Crippen LogP contribution >= 0.6 is 0 Å². The maximum atomic E-state index is 9.97. The number of aliphatic hydroxyl groups excluding tert-OH is 1. The van der Waals surface area contributed by atoms with E-state index in [9.17, 15) is 5.11 Å². The lowest BCUT2D eigenvalue weighted by Crippen LogP contribution is -2.28. The van der Waals surface area contributed by atoms with E-state index in [-0.39, 0.29) is 6.10 Å². The van der Waals surface area contributed by atoms with E-state index in [1.807, 2.05) is 0 Å². The van der Waals surface area contributed by atoms with Gasteiger partial charge in [0.05, 0.1) is 6.10 Å². The van der Waals surface area contributed by atoms with E-state index in [1.165, 1.54) is 25.7 Å². The van der Waals surface area contributed by atoms with Gasteiger partial charge in [-0.1, -0.05) is 40.0 Å². The first-order chi connectivity index (χ1) is 6.65. The Morgan fingerprint density at radius 3 is 2.43 bits per heavy atom. The van der Waals surface area contributed by atoms with E-state index in [4.69, 9.17) is 0 Å². The van der Waals surface area contributed by atoms with Crippen molar-refractivity contribution in [1.82, 2.24) is 0 Å². The van der Waals surface area contributed by atoms with Crippen molar-refractivity contribution < 1.29 is 5.11 Å². The van der Waals surface area contributed by atoms with Crippen molar-refractivity contribution >= 4 is 0 Å². The molecule has 1 aliphatic carbocycles. The lowest BCUT2D eigenvalue weighted by atomic mass is 9.74. The molecule has 0 spiro atoms. The highest BCUT2D eigenvalue weighted by molar-refractivity contribution is 4.79. The van der Waals surface area contributed by atoms with E-state index in [0.717, 1.165) is 24.7 Å². The molecule has 3 unspecified atom stereocenters. The van der Waals surface area contributed by atoms with Crippen molar-refractivity contribution in [2.24, 2.45) is 17.8 Å². The molecule has 14 heavy (non-hydrogen) atoms. The second kappa shape index (κ2) is 5.75. The summed E-state index contributed by atoms with van der Waals surface area (Å²) in [5, 5.41) is 9.97. The molecule has 84 valence electrons. The average Bonchev–Trinajstić information content (AvgIpc) is 2.18. The van der Waals surface area contributed by atoms with Crippen LogP contribution in [0.5, 0.6) is 0 Å². The highest BCUT2D eigenvalue weighted by Crippen LogP contribution is 2.36. The normalized spacial score (nSPS) is 30.6. The minimum atomic E-state index is -0.0263. The topological polar surface area (TPSA) is 20.2 Å². The molecule has 0 radical (unpaired) electrons. The van der Waals surface area contributed by atoms with Crippen LogP contribution in [0.1, 0.15) is 59.3 Å². The monoisotopic (exact) mass is 198 g/mol. The van der Waals surface area contributed by atoms with Crippen LogP contribution in [-0.2, 0) is 0 Å². The van der Waals surface area contributed by atoms with Crippen LogP contribution in [0.4, 0.5) is 0 Å². The van der Waals surface area contributed by atoms with Crippen LogP contribution in [0, 0.1) is 17.8 Å². The molecular weight excluding hydrogens is 172 g/mol. The summed E-state index contributed by atoms with van der Waals surface area (Å²) in [6.45, 7) is 6.80. The number of hydrogen-bond acceptors (Lipinski definition) is 1. The highest BCUT2D eigenvalue weighted by Gasteiger charge is 2.28. The molecule has 1 saturated carbocycles. The van der Waals surface area contributed by atoms with Crippen LogP contribution in [0.25, 0.3) is 0 Å². The number of aliphatic hydroxyl groups is 1. The average molecular weight is 198 g/mol. The third-order valence-electron chi connectivity index (χ3n) is 3.83. The molecule has 1 nitrogen and oxygen atoms in total. The zero-order valence-corrected chi connectivity index (χ0v) is 10.00. The summed E-state index contributed by atoms with van der Waals surface area (Å²) in [7, 11) is 0. The van der Waals surface area contributed by atoms with Crippen molar-refractivity contribution in [3.05, 3.63) is 0 Å². The van der Waals surface area contributed by atoms with E-state index in [0.29, 0.717) is 5.92 Å². The molecule has 0 saturated heterocycles. The molecule has 1 heteroatoms. The lowest BCUT2D eigenvalue weighted by Gasteiger charge is -2.34. The lowest BCUT2D eigenvalue weighted by molar-refractivity contribution is 0.0535. The summed E-state index contributed by atoms with van der Waals surface area (Å²) >= 11 is 0. The van der Waals surface area contributed by atoms with Crippen molar-refractivity contribution in [3.8, 4) is 0 Å². The molecule has 0 aromatic carbocycles. The predicted molar refractivity (Wildman–Crippen MR) is 61.2 cm³/mol. The van der Waals surface area contributed by atoms with Crippen LogP contribution in [-0.4, -0.2) is 11.2 Å². The minimum absolute atomic E-state index is 0.0263. The largest absolute Gasteiger partial charge is 0.393 e. The van der Waals surface area contributed by atoms with E-state index in [2.05, 4.69) is 20.8 Å². The van der Waals surface area contributed by atoms with Crippen molar-refractivity contribution in [2.45, 2.75) is 65.4 Å². The molecule has 1 fully saturated rings. The summed E-state index contributed by atoms with van der Waals surface area (Å²) in [6, 6.07) is 0. The summed E-state index contributed by atoms with van der Waals surface area (Å²) in [4.78, 5) is 0. The Morgan fingerprint density at radius 2 is 1.86 bits per heavy atom. The summed E-state index contributed by atoms with van der Waals surface area (Å²) in [5.41, 5.74) is 0. The number of rotatable bonds is 4. The van der Waals surface area contributed by atoms with Gasteiger partial charge in [0.25, 0.3) is 0 Å². The Kier molecular flexibility index (Phi) is 4.94. The molecule has 0 bridgehead atoms. The number of hydrogen-bond donors (Lipinski definition) is 1. The fraction of sp³-hybridized carbons (Fsp3) is 1.00. The Balaban J connectivity index is 2.39. The Labute approximate surface area is 88.9 Å². The quantitative estimate of drug-likeness (QED) is 0.731. The minimum Gasteiger partial charge on any atom is -0.393 e. The standard InChI is InChI=1S/C13H26O/c1-4-6-13(14)12-8-5-7-11(9-12)10(2)3/h10-14H,4-9H2,1-3H3. The molecule has 0 aromatic rings. The van der Waals surface area contributed by atoms with Gasteiger partial charge < -0.3 is 5.11 Å².